The fourth-order valence-corrected chi connectivity index (χ4v) is 4.47. The van der Waals surface area contributed by atoms with Crippen molar-refractivity contribution in [3.8, 4) is 51.7 Å². The Bertz CT molecular complexity index is 1050. The topological polar surface area (TPSA) is 100 Å². The predicted molar refractivity (Wildman–Crippen MR) is 128 cm³/mol. The van der Waals surface area contributed by atoms with E-state index in [2.05, 4.69) is 0 Å². The highest BCUT2D eigenvalue weighted by atomic mass is 31.2. The third kappa shape index (κ3) is 5.60. The summed E-state index contributed by atoms with van der Waals surface area (Å²) in [6, 6.07) is 14.5. The Morgan fingerprint density at radius 2 is 0.686 bits per heavy atom. The van der Waals surface area contributed by atoms with Crippen LogP contribution < -0.4 is 42.0 Å². The Morgan fingerprint density at radius 3 is 0.914 bits per heavy atom. The van der Waals surface area contributed by atoms with Gasteiger partial charge in [-0.05, 0) is 36.4 Å². The van der Waals surface area contributed by atoms with Crippen LogP contribution in [0.4, 0.5) is 0 Å². The van der Waals surface area contributed by atoms with Crippen LogP contribution in [-0.2, 0) is 4.57 Å². The summed E-state index contributed by atoms with van der Waals surface area (Å²) in [6.45, 7) is 0. The first-order valence-electron chi connectivity index (χ1n) is 10.2. The summed E-state index contributed by atoms with van der Waals surface area (Å²) in [4.78, 5) is 0. The first kappa shape index (κ1) is 25.7. The summed E-state index contributed by atoms with van der Waals surface area (Å²) >= 11 is 0. The Balaban J connectivity index is 2.13. The molecule has 188 valence electrons. The van der Waals surface area contributed by atoms with Gasteiger partial charge in [0.1, 0.15) is 0 Å². The minimum absolute atomic E-state index is 0.0545. The number of phosphoric ester groups is 1. The van der Waals surface area contributed by atoms with Crippen molar-refractivity contribution in [3.63, 3.8) is 0 Å². The molecule has 0 N–H and O–H groups in total. The van der Waals surface area contributed by atoms with Crippen molar-refractivity contribution in [2.24, 2.45) is 0 Å². The molecule has 0 aliphatic heterocycles. The normalized spacial score (nSPS) is 10.7. The van der Waals surface area contributed by atoms with Crippen LogP contribution >= 0.6 is 7.82 Å². The van der Waals surface area contributed by atoms with E-state index < -0.39 is 7.82 Å². The first-order chi connectivity index (χ1) is 16.9. The predicted octanol–water partition coefficient (Wildman–Crippen LogP) is 5.38. The molecule has 0 saturated carbocycles. The molecule has 0 amide bonds. The Hall–Kier alpha value is -3.91. The van der Waals surface area contributed by atoms with Crippen LogP contribution in [0.5, 0.6) is 51.7 Å². The van der Waals surface area contributed by atoms with E-state index in [9.17, 15) is 4.57 Å². The van der Waals surface area contributed by atoms with Crippen molar-refractivity contribution in [1.29, 1.82) is 0 Å². The fraction of sp³-hybridized carbons (Fsp3) is 0.250. The highest BCUT2D eigenvalue weighted by Gasteiger charge is 2.37. The maximum atomic E-state index is 14.2. The lowest BCUT2D eigenvalue weighted by molar-refractivity contribution is 0.270. The second-order valence-electron chi connectivity index (χ2n) is 6.70. The molecule has 0 radical (unpaired) electrons. The molecule has 0 aromatic heterocycles. The highest BCUT2D eigenvalue weighted by Crippen LogP contribution is 2.56. The first-order valence-corrected chi connectivity index (χ1v) is 11.7. The van der Waals surface area contributed by atoms with Crippen molar-refractivity contribution >= 4 is 7.82 Å². The molecule has 11 heteroatoms. The minimum atomic E-state index is -4.50. The van der Waals surface area contributed by atoms with Crippen molar-refractivity contribution < 1.29 is 46.6 Å². The van der Waals surface area contributed by atoms with Gasteiger partial charge >= 0.3 is 7.82 Å². The zero-order chi connectivity index (χ0) is 25.4. The summed E-state index contributed by atoms with van der Waals surface area (Å²) in [7, 11) is 4.18. The van der Waals surface area contributed by atoms with E-state index in [4.69, 9.17) is 42.0 Å². The van der Waals surface area contributed by atoms with Crippen LogP contribution in [0, 0.1) is 0 Å². The van der Waals surface area contributed by atoms with Crippen LogP contribution in [0.3, 0.4) is 0 Å². The van der Waals surface area contributed by atoms with Crippen LogP contribution in [0.25, 0.3) is 0 Å². The average Bonchev–Trinajstić information content (AvgIpc) is 2.87. The van der Waals surface area contributed by atoms with Crippen LogP contribution in [0.15, 0.2) is 54.6 Å². The molecule has 35 heavy (non-hydrogen) atoms. The number of benzene rings is 3. The molecule has 0 unspecified atom stereocenters. The summed E-state index contributed by atoms with van der Waals surface area (Å²) in [5.74, 6) is 1.81. The third-order valence-electron chi connectivity index (χ3n) is 4.73. The second kappa shape index (κ2) is 11.5. The SMILES string of the molecule is COc1cccc(OP(=O)(Oc2cccc(OC)c2OC)Oc2cccc(OC)c2OC)c1OC. The second-order valence-corrected chi connectivity index (χ2v) is 8.14. The number of hydrogen-bond acceptors (Lipinski definition) is 10. The van der Waals surface area contributed by atoms with Gasteiger partial charge in [0, 0.05) is 0 Å². The lowest BCUT2D eigenvalue weighted by Gasteiger charge is -2.23. The molecular weight excluding hydrogens is 479 g/mol. The van der Waals surface area contributed by atoms with E-state index in [-0.39, 0.29) is 34.5 Å². The highest BCUT2D eigenvalue weighted by molar-refractivity contribution is 7.49. The van der Waals surface area contributed by atoms with E-state index in [1.807, 2.05) is 0 Å². The Labute approximate surface area is 203 Å². The molecule has 0 saturated heterocycles. The van der Waals surface area contributed by atoms with Crippen LogP contribution in [0.2, 0.25) is 0 Å². The van der Waals surface area contributed by atoms with Gasteiger partial charge in [-0.3, -0.25) is 0 Å². The monoisotopic (exact) mass is 506 g/mol. The molecule has 10 nitrogen and oxygen atoms in total. The van der Waals surface area contributed by atoms with Gasteiger partial charge in [-0.2, -0.15) is 4.57 Å². The fourth-order valence-electron chi connectivity index (χ4n) is 3.21. The number of para-hydroxylation sites is 3. The van der Waals surface area contributed by atoms with E-state index in [1.54, 1.807) is 36.4 Å². The minimum Gasteiger partial charge on any atom is -0.493 e. The Morgan fingerprint density at radius 1 is 0.429 bits per heavy atom. The number of hydrogen-bond donors (Lipinski definition) is 0. The summed E-state index contributed by atoms with van der Waals surface area (Å²) in [5.41, 5.74) is 0. The summed E-state index contributed by atoms with van der Waals surface area (Å²) in [5, 5.41) is 0. The zero-order valence-electron chi connectivity index (χ0n) is 20.2. The van der Waals surface area contributed by atoms with Crippen LogP contribution in [0.1, 0.15) is 0 Å². The van der Waals surface area contributed by atoms with Crippen LogP contribution in [-0.4, -0.2) is 42.7 Å². The number of rotatable bonds is 12. The van der Waals surface area contributed by atoms with E-state index in [1.165, 1.54) is 60.9 Å². The molecule has 3 rings (SSSR count). The molecular formula is C24H27O10P. The molecule has 0 heterocycles. The third-order valence-corrected chi connectivity index (χ3v) is 5.99. The number of ether oxygens (including phenoxy) is 6. The molecule has 3 aromatic rings. The molecule has 3 aromatic carbocycles. The maximum absolute atomic E-state index is 14.2. The van der Waals surface area contributed by atoms with E-state index in [0.29, 0.717) is 17.2 Å². The summed E-state index contributed by atoms with van der Waals surface area (Å²) in [6.07, 6.45) is 0. The number of methoxy groups -OCH3 is 6. The molecule has 0 spiro atoms. The summed E-state index contributed by atoms with van der Waals surface area (Å²) < 4.78 is 63.8. The maximum Gasteiger partial charge on any atom is 0.647 e. The van der Waals surface area contributed by atoms with Gasteiger partial charge in [0.05, 0.1) is 42.7 Å². The van der Waals surface area contributed by atoms with E-state index in [0.717, 1.165) is 0 Å². The van der Waals surface area contributed by atoms with Crippen molar-refractivity contribution in [3.05, 3.63) is 54.6 Å². The van der Waals surface area contributed by atoms with Gasteiger partial charge in [0.25, 0.3) is 0 Å². The Kier molecular flexibility index (Phi) is 8.43. The smallest absolute Gasteiger partial charge is 0.493 e. The van der Waals surface area contributed by atoms with Gasteiger partial charge in [-0.25, -0.2) is 0 Å². The van der Waals surface area contributed by atoms with E-state index >= 15 is 0 Å². The molecule has 0 atom stereocenters. The van der Waals surface area contributed by atoms with Crippen molar-refractivity contribution in [2.45, 2.75) is 0 Å². The zero-order valence-corrected chi connectivity index (χ0v) is 21.1. The molecule has 0 aliphatic carbocycles. The quantitative estimate of drug-likeness (QED) is 0.298. The average molecular weight is 506 g/mol. The lowest BCUT2D eigenvalue weighted by Crippen LogP contribution is -2.10. The van der Waals surface area contributed by atoms with Gasteiger partial charge in [-0.15, -0.1) is 0 Å². The lowest BCUT2D eigenvalue weighted by atomic mass is 10.3. The molecule has 0 fully saturated rings. The largest absolute Gasteiger partial charge is 0.647 e. The van der Waals surface area contributed by atoms with Crippen molar-refractivity contribution in [1.82, 2.24) is 0 Å². The van der Waals surface area contributed by atoms with Gasteiger partial charge in [0.15, 0.2) is 34.5 Å². The van der Waals surface area contributed by atoms with Gasteiger partial charge in [0.2, 0.25) is 17.2 Å². The van der Waals surface area contributed by atoms with Crippen molar-refractivity contribution in [2.75, 3.05) is 42.7 Å². The standard InChI is InChI=1S/C24H27O10P/c1-26-16-10-7-13-19(22(16)29-4)32-35(25,33-20-14-8-11-17(27-2)23(20)30-5)34-21-15-9-12-18(28-3)24(21)31-6/h7-15H,1-6H3. The number of phosphoric acid groups is 1. The van der Waals surface area contributed by atoms with Gasteiger partial charge < -0.3 is 42.0 Å². The molecule has 0 bridgehead atoms. The molecule has 0 aliphatic rings. The van der Waals surface area contributed by atoms with Gasteiger partial charge in [-0.1, -0.05) is 18.2 Å².